The van der Waals surface area contributed by atoms with Crippen molar-refractivity contribution in [1.29, 1.82) is 5.26 Å². The molecule has 2 aromatic rings. The summed E-state index contributed by atoms with van der Waals surface area (Å²) in [7, 11) is 0. The quantitative estimate of drug-likeness (QED) is 0.886. The summed E-state index contributed by atoms with van der Waals surface area (Å²) < 4.78 is 0. The normalized spacial score (nSPS) is 14.6. The first-order valence-electron chi connectivity index (χ1n) is 7.69. The van der Waals surface area contributed by atoms with Gasteiger partial charge >= 0.3 is 0 Å². The van der Waals surface area contributed by atoms with E-state index in [1.54, 1.807) is 18.3 Å². The summed E-state index contributed by atoms with van der Waals surface area (Å²) >= 11 is 0. The Morgan fingerprint density at radius 1 is 1.26 bits per heavy atom. The second-order valence-corrected chi connectivity index (χ2v) is 5.80. The second kappa shape index (κ2) is 6.49. The number of pyridine rings is 1. The Morgan fingerprint density at radius 2 is 2.00 bits per heavy atom. The van der Waals surface area contributed by atoms with E-state index in [-0.39, 0.29) is 17.9 Å². The summed E-state index contributed by atoms with van der Waals surface area (Å²) in [6.45, 7) is 2.04. The van der Waals surface area contributed by atoms with E-state index in [9.17, 15) is 4.79 Å². The van der Waals surface area contributed by atoms with Crippen molar-refractivity contribution >= 4 is 17.4 Å². The fourth-order valence-corrected chi connectivity index (χ4v) is 2.30. The summed E-state index contributed by atoms with van der Waals surface area (Å²) in [5.74, 6) is 1.05. The van der Waals surface area contributed by atoms with Crippen molar-refractivity contribution in [2.75, 3.05) is 10.6 Å². The van der Waals surface area contributed by atoms with Crippen molar-refractivity contribution in [3.8, 4) is 6.07 Å². The number of benzene rings is 1. The lowest BCUT2D eigenvalue weighted by Crippen LogP contribution is -2.13. The van der Waals surface area contributed by atoms with Crippen molar-refractivity contribution < 1.29 is 4.79 Å². The number of hydrogen-bond donors (Lipinski definition) is 2. The Hall–Kier alpha value is -2.87. The molecule has 1 aliphatic carbocycles. The van der Waals surface area contributed by atoms with Crippen LogP contribution in [0.5, 0.6) is 0 Å². The van der Waals surface area contributed by atoms with Gasteiger partial charge in [-0.3, -0.25) is 4.79 Å². The number of amides is 1. The van der Waals surface area contributed by atoms with Crippen LogP contribution in [0, 0.1) is 17.2 Å². The first kappa shape index (κ1) is 15.0. The number of rotatable bonds is 5. The average Bonchev–Trinajstić information content (AvgIpc) is 3.41. The molecule has 1 saturated carbocycles. The zero-order valence-electron chi connectivity index (χ0n) is 12.9. The van der Waals surface area contributed by atoms with Crippen LogP contribution in [-0.4, -0.2) is 10.9 Å². The number of aromatic nitrogens is 1. The van der Waals surface area contributed by atoms with E-state index in [0.29, 0.717) is 5.56 Å². The molecule has 3 rings (SSSR count). The fraction of sp³-hybridized carbons (Fsp3) is 0.278. The van der Waals surface area contributed by atoms with Crippen LogP contribution >= 0.6 is 0 Å². The highest BCUT2D eigenvalue weighted by molar-refractivity contribution is 5.94. The van der Waals surface area contributed by atoms with Crippen LogP contribution in [0.25, 0.3) is 0 Å². The van der Waals surface area contributed by atoms with Crippen molar-refractivity contribution in [2.24, 2.45) is 5.92 Å². The summed E-state index contributed by atoms with van der Waals surface area (Å²) in [4.78, 5) is 15.9. The van der Waals surface area contributed by atoms with Gasteiger partial charge in [0.15, 0.2) is 0 Å². The number of anilines is 2. The van der Waals surface area contributed by atoms with E-state index >= 15 is 0 Å². The van der Waals surface area contributed by atoms with Crippen molar-refractivity contribution in [1.82, 2.24) is 4.98 Å². The molecule has 0 aliphatic heterocycles. The third-order valence-electron chi connectivity index (χ3n) is 3.88. The third-order valence-corrected chi connectivity index (χ3v) is 3.88. The highest BCUT2D eigenvalue weighted by Gasteiger charge is 2.29. The first-order chi connectivity index (χ1) is 11.2. The largest absolute Gasteiger partial charge is 0.364 e. The molecule has 5 heteroatoms. The molecule has 0 radical (unpaired) electrons. The zero-order valence-corrected chi connectivity index (χ0v) is 12.9. The fourth-order valence-electron chi connectivity index (χ4n) is 2.30. The van der Waals surface area contributed by atoms with Crippen LogP contribution in [0.2, 0.25) is 0 Å². The van der Waals surface area contributed by atoms with E-state index in [1.165, 1.54) is 0 Å². The van der Waals surface area contributed by atoms with Gasteiger partial charge in [0.05, 0.1) is 5.56 Å². The molecular formula is C18H18N4O. The van der Waals surface area contributed by atoms with Crippen LogP contribution in [0.1, 0.15) is 36.9 Å². The highest BCUT2D eigenvalue weighted by Crippen LogP contribution is 2.30. The van der Waals surface area contributed by atoms with Gasteiger partial charge in [-0.25, -0.2) is 4.98 Å². The van der Waals surface area contributed by atoms with Gasteiger partial charge in [0, 0.05) is 23.8 Å². The van der Waals surface area contributed by atoms with Gasteiger partial charge in [-0.05, 0) is 49.6 Å². The van der Waals surface area contributed by atoms with E-state index in [4.69, 9.17) is 5.26 Å². The summed E-state index contributed by atoms with van der Waals surface area (Å²) in [5, 5.41) is 15.0. The molecule has 1 unspecified atom stereocenters. The molecule has 1 aromatic heterocycles. The molecular weight excluding hydrogens is 288 g/mol. The SMILES string of the molecule is CC(Nc1ccc(C#N)cn1)c1ccc(NC(=O)C2CC2)cc1. The number of carbonyl (C=O) groups is 1. The minimum atomic E-state index is 0.0728. The zero-order chi connectivity index (χ0) is 16.2. The van der Waals surface area contributed by atoms with Crippen molar-refractivity contribution in [2.45, 2.75) is 25.8 Å². The Kier molecular flexibility index (Phi) is 4.24. The maximum absolute atomic E-state index is 11.7. The minimum absolute atomic E-state index is 0.0728. The maximum Gasteiger partial charge on any atom is 0.227 e. The maximum atomic E-state index is 11.7. The van der Waals surface area contributed by atoms with Gasteiger partial charge in [-0.1, -0.05) is 12.1 Å². The van der Waals surface area contributed by atoms with Gasteiger partial charge in [0.1, 0.15) is 11.9 Å². The Balaban J connectivity index is 1.61. The number of nitriles is 1. The Bertz CT molecular complexity index is 727. The number of nitrogens with one attached hydrogen (secondary N) is 2. The molecule has 1 aliphatic rings. The van der Waals surface area contributed by atoms with Crippen molar-refractivity contribution in [3.05, 3.63) is 53.7 Å². The Labute approximate surface area is 135 Å². The Morgan fingerprint density at radius 3 is 2.57 bits per heavy atom. The molecule has 23 heavy (non-hydrogen) atoms. The molecule has 5 nitrogen and oxygen atoms in total. The van der Waals surface area contributed by atoms with Crippen LogP contribution in [-0.2, 0) is 4.79 Å². The summed E-state index contributed by atoms with van der Waals surface area (Å²) in [5.41, 5.74) is 2.47. The molecule has 1 fully saturated rings. The number of carbonyl (C=O) groups excluding carboxylic acids is 1. The molecule has 1 amide bonds. The lowest BCUT2D eigenvalue weighted by molar-refractivity contribution is -0.117. The summed E-state index contributed by atoms with van der Waals surface area (Å²) in [6.07, 6.45) is 3.55. The predicted octanol–water partition coefficient (Wildman–Crippen LogP) is 3.47. The van der Waals surface area contributed by atoms with E-state index < -0.39 is 0 Å². The molecule has 1 heterocycles. The van der Waals surface area contributed by atoms with Gasteiger partial charge in [-0.15, -0.1) is 0 Å². The molecule has 1 atom stereocenters. The lowest BCUT2D eigenvalue weighted by Gasteiger charge is -2.15. The minimum Gasteiger partial charge on any atom is -0.364 e. The highest BCUT2D eigenvalue weighted by atomic mass is 16.2. The molecule has 0 spiro atoms. The smallest absolute Gasteiger partial charge is 0.227 e. The molecule has 0 saturated heterocycles. The second-order valence-electron chi connectivity index (χ2n) is 5.80. The monoisotopic (exact) mass is 306 g/mol. The molecule has 0 bridgehead atoms. The van der Waals surface area contributed by atoms with E-state index in [1.807, 2.05) is 37.3 Å². The molecule has 2 N–H and O–H groups in total. The number of nitrogens with zero attached hydrogens (tertiary/aromatic N) is 2. The average molecular weight is 306 g/mol. The predicted molar refractivity (Wildman–Crippen MR) is 88.8 cm³/mol. The van der Waals surface area contributed by atoms with Crippen LogP contribution < -0.4 is 10.6 Å². The topological polar surface area (TPSA) is 77.8 Å². The van der Waals surface area contributed by atoms with E-state index in [0.717, 1.165) is 29.9 Å². The third kappa shape index (κ3) is 3.86. The number of hydrogen-bond acceptors (Lipinski definition) is 4. The van der Waals surface area contributed by atoms with Gasteiger partial charge < -0.3 is 10.6 Å². The molecule has 1 aromatic carbocycles. The van der Waals surface area contributed by atoms with Gasteiger partial charge in [0.2, 0.25) is 5.91 Å². The standard InChI is InChI=1S/C18H18N4O/c1-12(21-17-9-2-13(10-19)11-20-17)14-5-7-16(8-6-14)22-18(23)15-3-4-15/h2,5-9,11-12,15H,3-4H2,1H3,(H,20,21)(H,22,23). The first-order valence-corrected chi connectivity index (χ1v) is 7.69. The lowest BCUT2D eigenvalue weighted by atomic mass is 10.1. The molecule has 116 valence electrons. The van der Waals surface area contributed by atoms with Crippen LogP contribution in [0.15, 0.2) is 42.6 Å². The van der Waals surface area contributed by atoms with Crippen LogP contribution in [0.3, 0.4) is 0 Å². The van der Waals surface area contributed by atoms with Gasteiger partial charge in [-0.2, -0.15) is 5.26 Å². The van der Waals surface area contributed by atoms with Gasteiger partial charge in [0.25, 0.3) is 0 Å². The van der Waals surface area contributed by atoms with Crippen LogP contribution in [0.4, 0.5) is 11.5 Å². The summed E-state index contributed by atoms with van der Waals surface area (Å²) in [6, 6.07) is 13.5. The van der Waals surface area contributed by atoms with E-state index in [2.05, 4.69) is 15.6 Å². The van der Waals surface area contributed by atoms with Crippen molar-refractivity contribution in [3.63, 3.8) is 0 Å².